The number of nitrogens with zero attached hydrogens (tertiary/aromatic N) is 2. The van der Waals surface area contributed by atoms with Crippen molar-refractivity contribution in [1.29, 1.82) is 0 Å². The largest absolute Gasteiger partial charge is 0.328 e. The molecule has 29 heavy (non-hydrogen) atoms. The number of carbonyl (C=O) groups excluding carboxylic acids is 1. The van der Waals surface area contributed by atoms with Crippen LogP contribution in [0.3, 0.4) is 0 Å². The number of sulfonamides is 1. The molecule has 6 nitrogen and oxygen atoms in total. The number of fused-ring (bicyclic) bond motifs is 1. The number of nitrogens with one attached hydrogen (secondary N) is 1. The summed E-state index contributed by atoms with van der Waals surface area (Å²) in [6, 6.07) is 12.5. The van der Waals surface area contributed by atoms with Gasteiger partial charge in [0.25, 0.3) is 15.9 Å². The van der Waals surface area contributed by atoms with Gasteiger partial charge in [-0.25, -0.2) is 0 Å². The van der Waals surface area contributed by atoms with E-state index in [0.29, 0.717) is 23.8 Å². The third kappa shape index (κ3) is 4.67. The van der Waals surface area contributed by atoms with Gasteiger partial charge in [0.05, 0.1) is 5.69 Å². The highest BCUT2D eigenvalue weighted by molar-refractivity contribution is 7.90. The molecule has 0 unspecified atom stereocenters. The van der Waals surface area contributed by atoms with Gasteiger partial charge in [-0.1, -0.05) is 32.4 Å². The maximum atomic E-state index is 12.7. The number of anilines is 2. The number of amides is 1. The lowest BCUT2D eigenvalue weighted by molar-refractivity contribution is 0.102. The fourth-order valence-corrected chi connectivity index (χ4v) is 4.64. The molecular weight excluding hydrogens is 386 g/mol. The number of hydrogen-bond acceptors (Lipinski definition) is 4. The van der Waals surface area contributed by atoms with E-state index in [1.165, 1.54) is 11.6 Å². The molecular formula is C22H27N3O3S. The van der Waals surface area contributed by atoms with Gasteiger partial charge in [-0.2, -0.15) is 8.42 Å². The Hall–Kier alpha value is -2.67. The summed E-state index contributed by atoms with van der Waals surface area (Å²) >= 11 is 0. The van der Waals surface area contributed by atoms with Gasteiger partial charge in [0.1, 0.15) is 10.7 Å². The Bertz CT molecular complexity index is 1030. The zero-order chi connectivity index (χ0) is 21.0. The minimum Gasteiger partial charge on any atom is -0.328 e. The van der Waals surface area contributed by atoms with Gasteiger partial charge in [0, 0.05) is 17.8 Å². The Balaban J connectivity index is 1.83. The molecule has 1 aliphatic rings. The van der Waals surface area contributed by atoms with E-state index in [2.05, 4.69) is 16.6 Å². The van der Waals surface area contributed by atoms with E-state index < -0.39 is 10.0 Å². The third-order valence-electron chi connectivity index (χ3n) is 4.91. The lowest BCUT2D eigenvalue weighted by Crippen LogP contribution is -2.34. The van der Waals surface area contributed by atoms with E-state index in [1.54, 1.807) is 19.1 Å². The fourth-order valence-electron chi connectivity index (χ4n) is 3.38. The molecule has 1 heterocycles. The maximum Gasteiger partial charge on any atom is 0.286 e. The molecule has 0 saturated heterocycles. The number of rotatable bonds is 7. The van der Waals surface area contributed by atoms with Crippen LogP contribution in [0.2, 0.25) is 0 Å². The van der Waals surface area contributed by atoms with E-state index in [1.807, 2.05) is 36.1 Å². The molecule has 1 amide bonds. The van der Waals surface area contributed by atoms with E-state index in [0.717, 1.165) is 25.7 Å². The summed E-state index contributed by atoms with van der Waals surface area (Å²) in [6.07, 6.45) is 4.13. The van der Waals surface area contributed by atoms with Crippen molar-refractivity contribution < 1.29 is 13.2 Å². The lowest BCUT2D eigenvalue weighted by Gasteiger charge is -2.29. The second-order valence-electron chi connectivity index (χ2n) is 7.20. The zero-order valence-corrected chi connectivity index (χ0v) is 17.9. The predicted molar refractivity (Wildman–Crippen MR) is 117 cm³/mol. The Morgan fingerprint density at radius 1 is 1.07 bits per heavy atom. The first-order valence-electron chi connectivity index (χ1n) is 9.99. The van der Waals surface area contributed by atoms with E-state index >= 15 is 0 Å². The van der Waals surface area contributed by atoms with Crippen molar-refractivity contribution in [3.8, 4) is 0 Å². The van der Waals surface area contributed by atoms with Gasteiger partial charge in [-0.05, 0) is 62.1 Å². The van der Waals surface area contributed by atoms with E-state index in [-0.39, 0.29) is 16.4 Å². The molecule has 1 N–H and O–H groups in total. The molecule has 1 aliphatic heterocycles. The van der Waals surface area contributed by atoms with Gasteiger partial charge in [-0.15, -0.1) is 4.40 Å². The molecule has 7 heteroatoms. The predicted octanol–water partition coefficient (Wildman–Crippen LogP) is 4.62. The van der Waals surface area contributed by atoms with Crippen molar-refractivity contribution in [2.75, 3.05) is 16.8 Å². The fraction of sp³-hybridized carbons (Fsp3) is 0.364. The van der Waals surface area contributed by atoms with Crippen molar-refractivity contribution in [2.45, 2.75) is 51.3 Å². The number of amidine groups is 1. The highest BCUT2D eigenvalue weighted by Crippen LogP contribution is 2.32. The summed E-state index contributed by atoms with van der Waals surface area (Å²) < 4.78 is 28.9. The van der Waals surface area contributed by atoms with Crippen molar-refractivity contribution in [3.05, 3.63) is 53.6 Å². The first-order chi connectivity index (χ1) is 13.9. The van der Waals surface area contributed by atoms with Crippen molar-refractivity contribution in [1.82, 2.24) is 0 Å². The van der Waals surface area contributed by atoms with Gasteiger partial charge in [0.15, 0.2) is 0 Å². The normalized spacial score (nSPS) is 14.9. The summed E-state index contributed by atoms with van der Waals surface area (Å²) in [5, 5.41) is 2.84. The maximum absolute atomic E-state index is 12.7. The smallest absolute Gasteiger partial charge is 0.286 e. The highest BCUT2D eigenvalue weighted by Gasteiger charge is 2.29. The zero-order valence-electron chi connectivity index (χ0n) is 17.1. The average Bonchev–Trinajstić information content (AvgIpc) is 2.70. The van der Waals surface area contributed by atoms with E-state index in [4.69, 9.17) is 0 Å². The van der Waals surface area contributed by atoms with Crippen LogP contribution in [0.4, 0.5) is 11.4 Å². The van der Waals surface area contributed by atoms with Crippen LogP contribution in [0.1, 0.15) is 56.0 Å². The van der Waals surface area contributed by atoms with Crippen molar-refractivity contribution >= 4 is 33.1 Å². The van der Waals surface area contributed by atoms with Crippen LogP contribution >= 0.6 is 0 Å². The summed E-state index contributed by atoms with van der Waals surface area (Å²) in [7, 11) is -3.82. The Morgan fingerprint density at radius 2 is 1.79 bits per heavy atom. The summed E-state index contributed by atoms with van der Waals surface area (Å²) in [4.78, 5) is 14.6. The quantitative estimate of drug-likeness (QED) is 0.718. The first kappa shape index (κ1) is 21.0. The van der Waals surface area contributed by atoms with Crippen LogP contribution in [0.15, 0.2) is 51.8 Å². The molecule has 0 atom stereocenters. The van der Waals surface area contributed by atoms with Gasteiger partial charge >= 0.3 is 0 Å². The molecule has 3 rings (SSSR count). The molecule has 0 radical (unpaired) electrons. The van der Waals surface area contributed by atoms with Gasteiger partial charge in [0.2, 0.25) is 0 Å². The lowest BCUT2D eigenvalue weighted by atomic mass is 10.1. The molecule has 2 aromatic rings. The standard InChI is InChI=1S/C22H27N3O3S/c1-4-6-7-17-8-11-19(12-9-17)23-22(26)18-10-13-20-21(15-18)29(27,28)24-16(3)25(20)14-5-2/h8-13,15H,4-7,14H2,1-3H3,(H,23,26). The van der Waals surface area contributed by atoms with Crippen LogP contribution < -0.4 is 10.2 Å². The summed E-state index contributed by atoms with van der Waals surface area (Å²) in [5.41, 5.74) is 2.76. The third-order valence-corrected chi connectivity index (χ3v) is 6.30. The first-order valence-corrected chi connectivity index (χ1v) is 11.4. The average molecular weight is 414 g/mol. The minimum atomic E-state index is -3.82. The summed E-state index contributed by atoms with van der Waals surface area (Å²) in [6.45, 7) is 6.52. The molecule has 0 saturated carbocycles. The second-order valence-corrected chi connectivity index (χ2v) is 8.77. The van der Waals surface area contributed by atoms with Crippen molar-refractivity contribution in [3.63, 3.8) is 0 Å². The molecule has 0 fully saturated rings. The number of hydrogen-bond donors (Lipinski definition) is 1. The number of aryl methyl sites for hydroxylation is 1. The molecule has 2 aromatic carbocycles. The molecule has 0 spiro atoms. The number of unbranched alkanes of at least 4 members (excludes halogenated alkanes) is 1. The monoisotopic (exact) mass is 413 g/mol. The molecule has 0 aromatic heterocycles. The SMILES string of the molecule is CCCCc1ccc(NC(=O)c2ccc3c(c2)S(=O)(=O)N=C(C)N3CCC)cc1. The van der Waals surface area contributed by atoms with Crippen LogP contribution in [0.5, 0.6) is 0 Å². The Kier molecular flexibility index (Phi) is 6.37. The number of benzene rings is 2. The second kappa shape index (κ2) is 8.78. The Labute approximate surface area is 172 Å². The molecule has 0 bridgehead atoms. The highest BCUT2D eigenvalue weighted by atomic mass is 32.2. The van der Waals surface area contributed by atoms with Gasteiger partial charge < -0.3 is 10.2 Å². The topological polar surface area (TPSA) is 78.8 Å². The van der Waals surface area contributed by atoms with Crippen LogP contribution in [-0.4, -0.2) is 26.7 Å². The van der Waals surface area contributed by atoms with Crippen LogP contribution in [0.25, 0.3) is 0 Å². The molecule has 0 aliphatic carbocycles. The van der Waals surface area contributed by atoms with Crippen LogP contribution in [0, 0.1) is 0 Å². The summed E-state index contributed by atoms with van der Waals surface area (Å²) in [5.74, 6) is 0.0948. The van der Waals surface area contributed by atoms with Gasteiger partial charge in [-0.3, -0.25) is 4.79 Å². The Morgan fingerprint density at radius 3 is 2.45 bits per heavy atom. The number of carbonyl (C=O) groups is 1. The molecule has 154 valence electrons. The van der Waals surface area contributed by atoms with Crippen molar-refractivity contribution in [2.24, 2.45) is 4.40 Å². The minimum absolute atomic E-state index is 0.0686. The van der Waals surface area contributed by atoms with Crippen LogP contribution in [-0.2, 0) is 16.4 Å². The van der Waals surface area contributed by atoms with E-state index in [9.17, 15) is 13.2 Å².